The molecule has 1 saturated heterocycles. The van der Waals surface area contributed by atoms with E-state index in [1.165, 1.54) is 0 Å². The number of amides is 1. The van der Waals surface area contributed by atoms with Gasteiger partial charge < -0.3 is 40.7 Å². The van der Waals surface area contributed by atoms with Gasteiger partial charge >= 0.3 is 11.8 Å². The number of carbonyl (C=O) groups is 2. The fraction of sp³-hybridized carbons (Fsp3) is 0.818. The number of rotatable bonds is 5. The van der Waals surface area contributed by atoms with Crippen molar-refractivity contribution in [2.24, 2.45) is 0 Å². The van der Waals surface area contributed by atoms with E-state index in [4.69, 9.17) is 10.2 Å². The highest BCUT2D eigenvalue weighted by Crippen LogP contribution is 2.32. The number of carboxylic acids is 1. The second kappa shape index (κ2) is 6.81. The minimum absolute atomic E-state index is 0.767. The molecular weight excluding hydrogens is 309 g/mol. The zero-order valence-electron chi connectivity index (χ0n) is 11.5. The minimum atomic E-state index is -3.49. The molecule has 0 radical (unpaired) electrons. The highest BCUT2D eigenvalue weighted by Gasteiger charge is 2.61. The zero-order chi connectivity index (χ0) is 17.2. The van der Waals surface area contributed by atoms with Gasteiger partial charge in [0.15, 0.2) is 6.17 Å². The molecule has 0 aromatic rings. The van der Waals surface area contributed by atoms with Crippen LogP contribution in [0.1, 0.15) is 6.92 Å². The van der Waals surface area contributed by atoms with E-state index in [0.29, 0.717) is 0 Å². The molecule has 1 amide bonds. The number of ether oxygens (including phenoxy) is 1. The van der Waals surface area contributed by atoms with Crippen molar-refractivity contribution in [3.05, 3.63) is 0 Å². The number of aliphatic carboxylic acids is 1. The molecule has 1 rings (SSSR count). The Labute approximate surface area is 123 Å². The molecule has 11 heteroatoms. The lowest BCUT2D eigenvalue weighted by atomic mass is 9.87. The molecule has 0 aromatic heterocycles. The topological polar surface area (TPSA) is 177 Å². The van der Waals surface area contributed by atoms with Crippen LogP contribution >= 0.6 is 0 Å². The van der Waals surface area contributed by atoms with Gasteiger partial charge in [0.1, 0.15) is 24.4 Å². The zero-order valence-corrected chi connectivity index (χ0v) is 11.5. The Morgan fingerprint density at radius 3 is 2.36 bits per heavy atom. The number of alkyl halides is 1. The van der Waals surface area contributed by atoms with E-state index in [1.807, 2.05) is 5.32 Å². The van der Waals surface area contributed by atoms with Crippen molar-refractivity contribution in [2.45, 2.75) is 49.3 Å². The monoisotopic (exact) mass is 327 g/mol. The highest BCUT2D eigenvalue weighted by atomic mass is 19.1. The molecule has 7 N–H and O–H groups in total. The average Bonchev–Trinajstić information content (AvgIpc) is 2.45. The molecule has 22 heavy (non-hydrogen) atoms. The number of aliphatic hydroxyl groups excluding tert-OH is 4. The minimum Gasteiger partial charge on any atom is -0.477 e. The lowest BCUT2D eigenvalue weighted by molar-refractivity contribution is -0.320. The number of aliphatic hydroxyl groups is 5. The molecule has 0 aromatic carbocycles. The Bertz CT molecular complexity index is 436. The molecule has 7 atom stereocenters. The standard InChI is InChI=1S/C11H18FNO9/c1-3(15)13-5-7(18)9(12)11(21,10(19)20)22-8(5)6(17)4(16)2-14/h4-9,14,16-18,21H,2H2,1H3,(H,13,15)(H,19,20)/t4?,5-,6?,7-,8-,9?,11?/m1/s1. The van der Waals surface area contributed by atoms with Gasteiger partial charge in [-0.25, -0.2) is 9.18 Å². The number of nitrogens with one attached hydrogen (secondary N) is 1. The van der Waals surface area contributed by atoms with Crippen molar-refractivity contribution < 1.29 is 49.4 Å². The van der Waals surface area contributed by atoms with Crippen molar-refractivity contribution in [2.75, 3.05) is 6.61 Å². The van der Waals surface area contributed by atoms with Crippen LogP contribution in [0, 0.1) is 0 Å². The first-order valence-corrected chi connectivity index (χ1v) is 6.26. The summed E-state index contributed by atoms with van der Waals surface area (Å²) < 4.78 is 18.5. The van der Waals surface area contributed by atoms with Gasteiger partial charge in [-0.1, -0.05) is 0 Å². The van der Waals surface area contributed by atoms with Gasteiger partial charge in [0.05, 0.1) is 12.6 Å². The second-order valence-electron chi connectivity index (χ2n) is 4.94. The molecule has 1 aliphatic rings. The van der Waals surface area contributed by atoms with E-state index >= 15 is 0 Å². The molecule has 10 nitrogen and oxygen atoms in total. The van der Waals surface area contributed by atoms with Crippen molar-refractivity contribution in [3.8, 4) is 0 Å². The van der Waals surface area contributed by atoms with Crippen LogP contribution in [0.25, 0.3) is 0 Å². The average molecular weight is 327 g/mol. The van der Waals surface area contributed by atoms with Crippen LogP contribution in [0.15, 0.2) is 0 Å². The lowest BCUT2D eigenvalue weighted by Crippen LogP contribution is -2.72. The molecule has 1 fully saturated rings. The number of carboxylic acid groups (broad SMARTS) is 1. The van der Waals surface area contributed by atoms with Crippen LogP contribution in [0.2, 0.25) is 0 Å². The molecule has 1 aliphatic heterocycles. The predicted octanol–water partition coefficient (Wildman–Crippen LogP) is -3.92. The molecule has 128 valence electrons. The first kappa shape index (κ1) is 18.7. The molecule has 0 spiro atoms. The number of hydrogen-bond acceptors (Lipinski definition) is 8. The largest absolute Gasteiger partial charge is 0.477 e. The van der Waals surface area contributed by atoms with E-state index in [9.17, 15) is 34.4 Å². The maximum absolute atomic E-state index is 13.9. The van der Waals surface area contributed by atoms with Crippen LogP contribution in [0.5, 0.6) is 0 Å². The molecule has 0 saturated carbocycles. The van der Waals surface area contributed by atoms with Gasteiger partial charge in [-0.2, -0.15) is 0 Å². The first-order chi connectivity index (χ1) is 10.1. The molecular formula is C11H18FNO9. The Balaban J connectivity index is 3.19. The van der Waals surface area contributed by atoms with Gasteiger partial charge in [0.25, 0.3) is 0 Å². The van der Waals surface area contributed by atoms with Gasteiger partial charge in [0.2, 0.25) is 5.91 Å². The van der Waals surface area contributed by atoms with Gasteiger partial charge in [-0.3, -0.25) is 4.79 Å². The Kier molecular flexibility index (Phi) is 5.78. The third kappa shape index (κ3) is 3.34. The maximum atomic E-state index is 13.9. The van der Waals surface area contributed by atoms with Crippen LogP contribution in [0.4, 0.5) is 4.39 Å². The van der Waals surface area contributed by atoms with E-state index in [0.717, 1.165) is 6.92 Å². The predicted molar refractivity (Wildman–Crippen MR) is 65.1 cm³/mol. The van der Waals surface area contributed by atoms with Crippen LogP contribution in [-0.4, -0.2) is 91.5 Å². The van der Waals surface area contributed by atoms with Crippen molar-refractivity contribution in [1.82, 2.24) is 5.32 Å². The summed E-state index contributed by atoms with van der Waals surface area (Å²) in [4.78, 5) is 22.1. The number of hydrogen-bond donors (Lipinski definition) is 7. The second-order valence-corrected chi connectivity index (χ2v) is 4.94. The molecule has 0 bridgehead atoms. The fourth-order valence-corrected chi connectivity index (χ4v) is 2.13. The summed E-state index contributed by atoms with van der Waals surface area (Å²) in [5.41, 5.74) is 0. The van der Waals surface area contributed by atoms with Crippen LogP contribution < -0.4 is 5.32 Å². The van der Waals surface area contributed by atoms with Crippen molar-refractivity contribution in [3.63, 3.8) is 0 Å². The summed E-state index contributed by atoms with van der Waals surface area (Å²) in [5, 5.41) is 58.4. The Hall–Kier alpha value is -1.37. The third-order valence-corrected chi connectivity index (χ3v) is 3.31. The smallest absolute Gasteiger partial charge is 0.367 e. The summed E-state index contributed by atoms with van der Waals surface area (Å²) in [6.45, 7) is 0.0400. The molecule has 0 aliphatic carbocycles. The number of carbonyl (C=O) groups excluding carboxylic acids is 1. The fourth-order valence-electron chi connectivity index (χ4n) is 2.13. The van der Waals surface area contributed by atoms with Crippen molar-refractivity contribution >= 4 is 11.9 Å². The summed E-state index contributed by atoms with van der Waals surface area (Å²) in [5.74, 6) is -6.43. The molecule has 1 heterocycles. The van der Waals surface area contributed by atoms with Gasteiger partial charge in [0, 0.05) is 6.92 Å². The van der Waals surface area contributed by atoms with E-state index in [1.54, 1.807) is 0 Å². The van der Waals surface area contributed by atoms with Crippen LogP contribution in [-0.2, 0) is 14.3 Å². The Morgan fingerprint density at radius 1 is 1.41 bits per heavy atom. The van der Waals surface area contributed by atoms with Crippen LogP contribution in [0.3, 0.4) is 0 Å². The first-order valence-electron chi connectivity index (χ1n) is 6.26. The molecule has 4 unspecified atom stereocenters. The lowest BCUT2D eigenvalue weighted by Gasteiger charge is -2.46. The number of halogens is 1. The summed E-state index contributed by atoms with van der Waals surface area (Å²) in [6.07, 6.45) is -10.8. The maximum Gasteiger partial charge on any atom is 0.367 e. The SMILES string of the molecule is CC(=O)N[C@@H]1[C@@H](O)C(F)C(O)(C(=O)O)O[C@H]1C(O)C(O)CO. The quantitative estimate of drug-likeness (QED) is 0.266. The van der Waals surface area contributed by atoms with Crippen molar-refractivity contribution in [1.29, 1.82) is 0 Å². The van der Waals surface area contributed by atoms with E-state index < -0.39 is 60.9 Å². The summed E-state index contributed by atoms with van der Waals surface area (Å²) >= 11 is 0. The Morgan fingerprint density at radius 2 is 1.95 bits per heavy atom. The highest BCUT2D eigenvalue weighted by molar-refractivity contribution is 5.77. The third-order valence-electron chi connectivity index (χ3n) is 3.31. The summed E-state index contributed by atoms with van der Waals surface area (Å²) in [7, 11) is 0. The summed E-state index contributed by atoms with van der Waals surface area (Å²) in [6, 6.07) is -1.66. The van der Waals surface area contributed by atoms with E-state index in [2.05, 4.69) is 4.74 Å². The normalized spacial score (nSPS) is 38.1. The van der Waals surface area contributed by atoms with E-state index in [-0.39, 0.29) is 0 Å². The van der Waals surface area contributed by atoms with Gasteiger partial charge in [-0.05, 0) is 0 Å². The van der Waals surface area contributed by atoms with Gasteiger partial charge in [-0.15, -0.1) is 0 Å².